The lowest BCUT2D eigenvalue weighted by Crippen LogP contribution is -2.14. The molecule has 0 fully saturated rings. The fourth-order valence-corrected chi connectivity index (χ4v) is 3.92. The molecule has 3 aromatic rings. The molecule has 0 saturated carbocycles. The van der Waals surface area contributed by atoms with Crippen LogP contribution in [-0.2, 0) is 10.0 Å². The van der Waals surface area contributed by atoms with Crippen molar-refractivity contribution in [3.05, 3.63) is 40.0 Å². The van der Waals surface area contributed by atoms with E-state index in [0.717, 1.165) is 10.0 Å². The topological polar surface area (TPSA) is 98.0 Å². The molecule has 0 amide bonds. The zero-order valence-corrected chi connectivity index (χ0v) is 14.4. The van der Waals surface area contributed by atoms with Gasteiger partial charge in [0.1, 0.15) is 5.01 Å². The molecule has 0 aliphatic rings. The van der Waals surface area contributed by atoms with Crippen LogP contribution in [-0.4, -0.2) is 23.5 Å². The Kier molecular flexibility index (Phi) is 3.98. The molecule has 0 aliphatic heterocycles. The monoisotopic (exact) mass is 400 g/mol. The lowest BCUT2D eigenvalue weighted by atomic mass is 10.2. The van der Waals surface area contributed by atoms with Crippen molar-refractivity contribution in [1.82, 2.24) is 15.1 Å². The van der Waals surface area contributed by atoms with Crippen LogP contribution in [0.4, 0.5) is 5.95 Å². The van der Waals surface area contributed by atoms with Crippen LogP contribution in [0.5, 0.6) is 0 Å². The van der Waals surface area contributed by atoms with Gasteiger partial charge in [0.15, 0.2) is 5.03 Å². The first kappa shape index (κ1) is 15.1. The summed E-state index contributed by atoms with van der Waals surface area (Å²) >= 11 is 4.59. The van der Waals surface area contributed by atoms with Gasteiger partial charge in [-0.1, -0.05) is 28.1 Å². The number of halogens is 1. The zero-order chi connectivity index (χ0) is 15.7. The van der Waals surface area contributed by atoms with Crippen LogP contribution in [0.2, 0.25) is 0 Å². The summed E-state index contributed by atoms with van der Waals surface area (Å²) in [6, 6.07) is 7.45. The molecule has 10 heteroatoms. The predicted molar refractivity (Wildman–Crippen MR) is 85.1 cm³/mol. The number of anilines is 1. The van der Waals surface area contributed by atoms with Gasteiger partial charge in [-0.25, -0.2) is 9.71 Å². The average Bonchev–Trinajstić information content (AvgIpc) is 3.09. The third kappa shape index (κ3) is 3.18. The van der Waals surface area contributed by atoms with E-state index in [2.05, 4.69) is 35.8 Å². The minimum atomic E-state index is -3.84. The Balaban J connectivity index is 1.87. The molecule has 0 radical (unpaired) electrons. The summed E-state index contributed by atoms with van der Waals surface area (Å²) < 4.78 is 32.3. The van der Waals surface area contributed by atoms with E-state index in [9.17, 15) is 8.42 Å². The van der Waals surface area contributed by atoms with Crippen molar-refractivity contribution in [2.24, 2.45) is 0 Å². The summed E-state index contributed by atoms with van der Waals surface area (Å²) in [7, 11) is -3.84. The third-order valence-corrected chi connectivity index (χ3v) is 5.38. The third-order valence-electron chi connectivity index (χ3n) is 2.60. The number of sulfonamides is 1. The number of hydrogen-bond donors (Lipinski definition) is 1. The fraction of sp³-hybridized carbons (Fsp3) is 0.0833. The largest absolute Gasteiger partial charge is 0.338 e. The number of nitrogens with zero attached hydrogens (tertiary/aromatic N) is 3. The molecule has 2 heterocycles. The number of thiazole rings is 1. The van der Waals surface area contributed by atoms with Crippen LogP contribution < -0.4 is 4.72 Å². The Morgan fingerprint density at radius 3 is 2.59 bits per heavy atom. The van der Waals surface area contributed by atoms with E-state index in [-0.39, 0.29) is 16.9 Å². The van der Waals surface area contributed by atoms with Crippen molar-refractivity contribution in [3.8, 4) is 10.6 Å². The van der Waals surface area contributed by atoms with Gasteiger partial charge in [-0.2, -0.15) is 13.4 Å². The average molecular weight is 401 g/mol. The molecule has 7 nitrogen and oxygen atoms in total. The fourth-order valence-electron chi connectivity index (χ4n) is 1.62. The first-order valence-electron chi connectivity index (χ1n) is 5.99. The van der Waals surface area contributed by atoms with Gasteiger partial charge < -0.3 is 4.52 Å². The molecule has 0 atom stereocenters. The standard InChI is InChI=1S/C12H9BrN4O3S2/c1-7-14-12(16-20-7)17-22(18,19)10-6-21-11(15-10)8-2-4-9(13)5-3-8/h2-6H,1H3,(H,16,17). The highest BCUT2D eigenvalue weighted by Gasteiger charge is 2.21. The number of rotatable bonds is 4. The Morgan fingerprint density at radius 1 is 1.23 bits per heavy atom. The Hall–Kier alpha value is -1.78. The highest BCUT2D eigenvalue weighted by molar-refractivity contribution is 9.10. The highest BCUT2D eigenvalue weighted by atomic mass is 79.9. The first-order chi connectivity index (χ1) is 10.4. The summed E-state index contributed by atoms with van der Waals surface area (Å²) in [6.45, 7) is 1.57. The van der Waals surface area contributed by atoms with E-state index in [1.807, 2.05) is 24.3 Å². The van der Waals surface area contributed by atoms with E-state index < -0.39 is 10.0 Å². The van der Waals surface area contributed by atoms with Gasteiger partial charge in [0.2, 0.25) is 5.89 Å². The van der Waals surface area contributed by atoms with Crippen molar-refractivity contribution in [2.45, 2.75) is 11.9 Å². The van der Waals surface area contributed by atoms with Crippen LogP contribution in [0.3, 0.4) is 0 Å². The number of aryl methyl sites for hydroxylation is 1. The minimum Gasteiger partial charge on any atom is -0.338 e. The molecule has 22 heavy (non-hydrogen) atoms. The molecule has 0 unspecified atom stereocenters. The van der Waals surface area contributed by atoms with Gasteiger partial charge in [0.25, 0.3) is 16.0 Å². The first-order valence-corrected chi connectivity index (χ1v) is 9.14. The van der Waals surface area contributed by atoms with Crippen LogP contribution in [0.1, 0.15) is 5.89 Å². The van der Waals surface area contributed by atoms with E-state index in [4.69, 9.17) is 4.52 Å². The van der Waals surface area contributed by atoms with Gasteiger partial charge in [0.05, 0.1) is 0 Å². The smallest absolute Gasteiger partial charge is 0.282 e. The van der Waals surface area contributed by atoms with Crippen molar-refractivity contribution in [2.75, 3.05) is 4.72 Å². The van der Waals surface area contributed by atoms with Crippen molar-refractivity contribution in [3.63, 3.8) is 0 Å². The molecule has 0 aliphatic carbocycles. The highest BCUT2D eigenvalue weighted by Crippen LogP contribution is 2.27. The Labute approximate surface area is 138 Å². The normalized spacial score (nSPS) is 11.5. The summed E-state index contributed by atoms with van der Waals surface area (Å²) in [4.78, 5) is 7.95. The van der Waals surface area contributed by atoms with Crippen LogP contribution in [0.25, 0.3) is 10.6 Å². The molecule has 3 rings (SSSR count). The molecule has 1 aromatic carbocycles. The lowest BCUT2D eigenvalue weighted by Gasteiger charge is -2.00. The maximum absolute atomic E-state index is 12.2. The molecule has 0 saturated heterocycles. The summed E-state index contributed by atoms with van der Waals surface area (Å²) in [5, 5.41) is 5.48. The molecular formula is C12H9BrN4O3S2. The number of hydrogen-bond acceptors (Lipinski definition) is 7. The summed E-state index contributed by atoms with van der Waals surface area (Å²) in [6.07, 6.45) is 0. The maximum atomic E-state index is 12.2. The van der Waals surface area contributed by atoms with Crippen molar-refractivity contribution in [1.29, 1.82) is 0 Å². The van der Waals surface area contributed by atoms with Crippen molar-refractivity contribution >= 4 is 43.2 Å². The molecule has 0 bridgehead atoms. The lowest BCUT2D eigenvalue weighted by molar-refractivity contribution is 0.395. The maximum Gasteiger partial charge on any atom is 0.282 e. The molecule has 0 spiro atoms. The molecule has 114 valence electrons. The van der Waals surface area contributed by atoms with Gasteiger partial charge in [-0.15, -0.1) is 11.3 Å². The zero-order valence-electron chi connectivity index (χ0n) is 11.1. The van der Waals surface area contributed by atoms with Gasteiger partial charge in [0, 0.05) is 22.3 Å². The van der Waals surface area contributed by atoms with Crippen molar-refractivity contribution < 1.29 is 12.9 Å². The van der Waals surface area contributed by atoms with Gasteiger partial charge in [-0.3, -0.25) is 0 Å². The molecular weight excluding hydrogens is 392 g/mol. The molecule has 1 N–H and O–H groups in total. The van der Waals surface area contributed by atoms with Crippen LogP contribution in [0, 0.1) is 6.92 Å². The summed E-state index contributed by atoms with van der Waals surface area (Å²) in [5.41, 5.74) is 0.838. The minimum absolute atomic E-state index is 0.0853. The van der Waals surface area contributed by atoms with Crippen LogP contribution in [0.15, 0.2) is 43.7 Å². The number of benzene rings is 1. The van der Waals surface area contributed by atoms with Crippen LogP contribution >= 0.6 is 27.3 Å². The predicted octanol–water partition coefficient (Wildman–Crippen LogP) is 3.06. The second-order valence-corrected chi connectivity index (χ2v) is 7.64. The van der Waals surface area contributed by atoms with E-state index in [1.165, 1.54) is 16.7 Å². The molecule has 2 aromatic heterocycles. The van der Waals surface area contributed by atoms with Gasteiger partial charge in [-0.05, 0) is 17.3 Å². The second kappa shape index (κ2) is 5.78. The summed E-state index contributed by atoms with van der Waals surface area (Å²) in [5.74, 6) is 0.155. The van der Waals surface area contributed by atoms with Gasteiger partial charge >= 0.3 is 0 Å². The SMILES string of the molecule is Cc1nc(NS(=O)(=O)c2csc(-c3ccc(Br)cc3)n2)no1. The Morgan fingerprint density at radius 2 is 1.95 bits per heavy atom. The second-order valence-electron chi connectivity index (χ2n) is 4.24. The quantitative estimate of drug-likeness (QED) is 0.722. The number of nitrogens with one attached hydrogen (secondary N) is 1. The van der Waals surface area contributed by atoms with E-state index in [1.54, 1.807) is 6.92 Å². The van der Waals surface area contributed by atoms with E-state index in [0.29, 0.717) is 5.01 Å². The number of aromatic nitrogens is 3. The van der Waals surface area contributed by atoms with E-state index >= 15 is 0 Å². The Bertz CT molecular complexity index is 903.